The Morgan fingerprint density at radius 3 is 2.23 bits per heavy atom. The van der Waals surface area contributed by atoms with Crippen molar-refractivity contribution in [1.82, 2.24) is 4.57 Å². The lowest BCUT2D eigenvalue weighted by atomic mass is 9.89. The lowest BCUT2D eigenvalue weighted by molar-refractivity contribution is -0.140. The minimum absolute atomic E-state index is 0.00982. The van der Waals surface area contributed by atoms with Gasteiger partial charge < -0.3 is 19.2 Å². The summed E-state index contributed by atoms with van der Waals surface area (Å²) in [5.41, 5.74) is 8.48. The molecular formula is C46H50N2O5. The molecule has 1 aromatic heterocycles. The van der Waals surface area contributed by atoms with Gasteiger partial charge in [-0.05, 0) is 80.0 Å². The van der Waals surface area contributed by atoms with Crippen molar-refractivity contribution < 1.29 is 24.3 Å². The van der Waals surface area contributed by atoms with Crippen LogP contribution < -0.4 is 4.74 Å². The molecule has 1 heterocycles. The molecule has 7 heteroatoms. The summed E-state index contributed by atoms with van der Waals surface area (Å²) in [4.78, 5) is 32.1. The van der Waals surface area contributed by atoms with Crippen LogP contribution in [0.4, 0.5) is 0 Å². The summed E-state index contributed by atoms with van der Waals surface area (Å²) in [6.07, 6.45) is 4.99. The molecule has 0 spiro atoms. The average molecular weight is 711 g/mol. The zero-order valence-corrected chi connectivity index (χ0v) is 31.8. The van der Waals surface area contributed by atoms with E-state index in [0.29, 0.717) is 41.5 Å². The third-order valence-electron chi connectivity index (χ3n) is 10.2. The van der Waals surface area contributed by atoms with Crippen LogP contribution in [0.3, 0.4) is 0 Å². The van der Waals surface area contributed by atoms with E-state index < -0.39 is 5.97 Å². The molecule has 6 rings (SSSR count). The van der Waals surface area contributed by atoms with Gasteiger partial charge in [-0.15, -0.1) is 0 Å². The van der Waals surface area contributed by atoms with E-state index in [9.17, 15) is 14.7 Å². The number of hydrogen-bond acceptors (Lipinski definition) is 6. The Morgan fingerprint density at radius 2 is 1.53 bits per heavy atom. The molecule has 0 amide bonds. The normalized spacial score (nSPS) is 12.5. The highest BCUT2D eigenvalue weighted by atomic mass is 16.7. The van der Waals surface area contributed by atoms with Crippen LogP contribution in [0.25, 0.3) is 32.6 Å². The van der Waals surface area contributed by atoms with Crippen LogP contribution in [0.15, 0.2) is 90.1 Å². The second-order valence-electron chi connectivity index (χ2n) is 14.2. The molecule has 53 heavy (non-hydrogen) atoms. The van der Waals surface area contributed by atoms with E-state index in [2.05, 4.69) is 79.0 Å². The number of aromatic nitrogens is 1. The lowest BCUT2D eigenvalue weighted by Gasteiger charge is -2.19. The van der Waals surface area contributed by atoms with Crippen molar-refractivity contribution in [1.29, 1.82) is 0 Å². The SMILES string of the molecule is CCCCC(CC)Cn1c2ccc(/C(=N\OC(C)=O)c3ccccc3OCCCO)cc2c2cc(C(=O)c3c(C)cc(C)cc3C)c3ccccc3c21. The van der Waals surface area contributed by atoms with Crippen LogP contribution in [0.5, 0.6) is 5.75 Å². The fraction of sp³-hybridized carbons (Fsp3) is 0.326. The third-order valence-corrected chi connectivity index (χ3v) is 10.2. The number of aryl methyl sites for hydroxylation is 3. The summed E-state index contributed by atoms with van der Waals surface area (Å²) in [7, 11) is 0. The van der Waals surface area contributed by atoms with Crippen LogP contribution in [0.1, 0.15) is 96.6 Å². The Bertz CT molecular complexity index is 2310. The molecule has 0 aliphatic rings. The number of para-hydroxylation sites is 1. The first kappa shape index (κ1) is 37.5. The van der Waals surface area contributed by atoms with E-state index in [1.165, 1.54) is 13.3 Å². The van der Waals surface area contributed by atoms with E-state index >= 15 is 0 Å². The molecule has 0 saturated heterocycles. The molecule has 5 aromatic carbocycles. The van der Waals surface area contributed by atoms with Crippen LogP contribution in [0.2, 0.25) is 0 Å². The highest BCUT2D eigenvalue weighted by Crippen LogP contribution is 2.39. The number of benzene rings is 5. The van der Waals surface area contributed by atoms with Crippen molar-refractivity contribution in [2.45, 2.75) is 80.2 Å². The first-order valence-corrected chi connectivity index (χ1v) is 18.9. The predicted molar refractivity (Wildman–Crippen MR) is 215 cm³/mol. The average Bonchev–Trinajstić information content (AvgIpc) is 3.45. The largest absolute Gasteiger partial charge is 0.493 e. The maximum Gasteiger partial charge on any atom is 0.332 e. The fourth-order valence-electron chi connectivity index (χ4n) is 7.74. The first-order valence-electron chi connectivity index (χ1n) is 18.9. The molecule has 0 fully saturated rings. The standard InChI is InChI=1S/C46H50N2O5/c1-7-9-15-33(8-2)28-48-41-21-20-34(44(47-53-32(6)50)37-18-12-13-19-42(37)52-23-14-22-49)26-38(41)39-27-40(35-16-10-11-17-36(35)45(39)48)46(51)43-30(4)24-29(3)25-31(43)5/h10-13,16-21,24-27,33,49H,7-9,14-15,22-23,28H2,1-6H3/b47-44+. The van der Waals surface area contributed by atoms with E-state index in [0.717, 1.165) is 86.2 Å². The summed E-state index contributed by atoms with van der Waals surface area (Å²) in [6, 6.07) is 28.3. The number of ketones is 1. The van der Waals surface area contributed by atoms with E-state index in [4.69, 9.17) is 9.57 Å². The topological polar surface area (TPSA) is 90.1 Å². The highest BCUT2D eigenvalue weighted by molar-refractivity contribution is 6.27. The van der Waals surface area contributed by atoms with Crippen molar-refractivity contribution in [2.24, 2.45) is 11.1 Å². The van der Waals surface area contributed by atoms with Gasteiger partial charge in [0.05, 0.1) is 12.1 Å². The van der Waals surface area contributed by atoms with Gasteiger partial charge >= 0.3 is 5.97 Å². The number of unbranched alkanes of at least 4 members (excludes halogenated alkanes) is 1. The number of aliphatic hydroxyl groups is 1. The monoisotopic (exact) mass is 710 g/mol. The summed E-state index contributed by atoms with van der Waals surface area (Å²) in [5.74, 6) is 0.526. The van der Waals surface area contributed by atoms with Crippen molar-refractivity contribution in [3.05, 3.63) is 124 Å². The molecule has 1 atom stereocenters. The minimum atomic E-state index is -0.534. The van der Waals surface area contributed by atoms with Gasteiger partial charge in [0.15, 0.2) is 5.78 Å². The molecule has 0 radical (unpaired) electrons. The Hall–Kier alpha value is -5.27. The lowest BCUT2D eigenvalue weighted by Crippen LogP contribution is -2.11. The van der Waals surface area contributed by atoms with E-state index in [1.54, 1.807) is 0 Å². The Kier molecular flexibility index (Phi) is 11.7. The molecule has 0 saturated carbocycles. The molecule has 274 valence electrons. The summed E-state index contributed by atoms with van der Waals surface area (Å²) >= 11 is 0. The summed E-state index contributed by atoms with van der Waals surface area (Å²) < 4.78 is 8.52. The Balaban J connectivity index is 1.65. The smallest absolute Gasteiger partial charge is 0.332 e. The molecule has 7 nitrogen and oxygen atoms in total. The van der Waals surface area contributed by atoms with Crippen molar-refractivity contribution in [3.8, 4) is 5.75 Å². The molecule has 0 aliphatic carbocycles. The zero-order valence-electron chi connectivity index (χ0n) is 31.8. The van der Waals surface area contributed by atoms with Crippen LogP contribution >= 0.6 is 0 Å². The number of carbonyl (C=O) groups is 2. The van der Waals surface area contributed by atoms with Crippen LogP contribution in [0, 0.1) is 26.7 Å². The number of oxime groups is 1. The van der Waals surface area contributed by atoms with E-state index in [-0.39, 0.29) is 12.4 Å². The maximum absolute atomic E-state index is 14.7. The number of hydrogen-bond donors (Lipinski definition) is 1. The van der Waals surface area contributed by atoms with Crippen LogP contribution in [-0.2, 0) is 16.2 Å². The number of fused-ring (bicyclic) bond motifs is 5. The van der Waals surface area contributed by atoms with Gasteiger partial charge in [0.25, 0.3) is 0 Å². The molecule has 0 aliphatic heterocycles. The molecular weight excluding hydrogens is 661 g/mol. The molecule has 6 aromatic rings. The highest BCUT2D eigenvalue weighted by Gasteiger charge is 2.24. The number of nitrogens with zero attached hydrogens (tertiary/aromatic N) is 2. The van der Waals surface area contributed by atoms with Gasteiger partial charge in [-0.2, -0.15) is 0 Å². The summed E-state index contributed by atoms with van der Waals surface area (Å²) in [6.45, 7) is 13.1. The van der Waals surface area contributed by atoms with Gasteiger partial charge in [-0.25, -0.2) is 4.79 Å². The summed E-state index contributed by atoms with van der Waals surface area (Å²) in [5, 5.41) is 17.7. The quantitative estimate of drug-likeness (QED) is 0.0377. The molecule has 1 unspecified atom stereocenters. The van der Waals surface area contributed by atoms with Gasteiger partial charge in [0, 0.05) is 70.4 Å². The maximum atomic E-state index is 14.7. The van der Waals surface area contributed by atoms with Gasteiger partial charge in [-0.3, -0.25) is 4.79 Å². The number of ether oxygens (including phenoxy) is 1. The number of aliphatic hydroxyl groups excluding tert-OH is 1. The fourth-order valence-corrected chi connectivity index (χ4v) is 7.74. The second kappa shape index (κ2) is 16.6. The predicted octanol–water partition coefficient (Wildman–Crippen LogP) is 10.4. The second-order valence-corrected chi connectivity index (χ2v) is 14.2. The minimum Gasteiger partial charge on any atom is -0.493 e. The van der Waals surface area contributed by atoms with Crippen molar-refractivity contribution >= 4 is 50.0 Å². The van der Waals surface area contributed by atoms with Crippen LogP contribution in [-0.4, -0.2) is 40.4 Å². The van der Waals surface area contributed by atoms with Gasteiger partial charge in [0.2, 0.25) is 0 Å². The molecule has 0 bridgehead atoms. The number of carbonyl (C=O) groups excluding carboxylic acids is 2. The Labute approximate surface area is 312 Å². The third kappa shape index (κ3) is 7.77. The number of rotatable bonds is 15. The molecule has 1 N–H and O–H groups in total. The van der Waals surface area contributed by atoms with Gasteiger partial charge in [-0.1, -0.05) is 98.4 Å². The van der Waals surface area contributed by atoms with Crippen molar-refractivity contribution in [2.75, 3.05) is 13.2 Å². The van der Waals surface area contributed by atoms with Gasteiger partial charge in [0.1, 0.15) is 11.5 Å². The van der Waals surface area contributed by atoms with E-state index in [1.807, 2.05) is 50.2 Å². The van der Waals surface area contributed by atoms with Crippen molar-refractivity contribution in [3.63, 3.8) is 0 Å². The Morgan fingerprint density at radius 1 is 0.811 bits per heavy atom. The first-order chi connectivity index (χ1) is 25.7. The zero-order chi connectivity index (χ0) is 37.6.